The molecule has 3 heterocycles. The minimum absolute atomic E-state index is 0.0842. The molecule has 210 valence electrons. The lowest BCUT2D eigenvalue weighted by atomic mass is 10.1. The normalized spacial score (nSPS) is 19.0. The molecule has 11 nitrogen and oxygen atoms in total. The van der Waals surface area contributed by atoms with Crippen molar-refractivity contribution in [1.82, 2.24) is 19.7 Å². The molecule has 2 aromatic heterocycles. The fourth-order valence-corrected chi connectivity index (χ4v) is 7.17. The summed E-state index contributed by atoms with van der Waals surface area (Å²) in [5, 5.41) is 20.1. The van der Waals surface area contributed by atoms with E-state index in [0.29, 0.717) is 55.7 Å². The smallest absolute Gasteiger partial charge is 0.175 e. The van der Waals surface area contributed by atoms with Crippen LogP contribution in [0.2, 0.25) is 0 Å². The molecule has 1 atom stereocenters. The summed E-state index contributed by atoms with van der Waals surface area (Å²) in [6, 6.07) is 9.68. The van der Waals surface area contributed by atoms with E-state index in [2.05, 4.69) is 27.6 Å². The number of morpholine rings is 1. The Labute approximate surface area is 235 Å². The number of hydrogen-bond donors (Lipinski definition) is 5. The Morgan fingerprint density at radius 2 is 1.92 bits per heavy atom. The minimum Gasteiger partial charge on any atom is -0.396 e. The summed E-state index contributed by atoms with van der Waals surface area (Å²) in [5.74, 6) is 1.42. The van der Waals surface area contributed by atoms with Gasteiger partial charge in [-0.15, -0.1) is 0 Å². The van der Waals surface area contributed by atoms with Crippen molar-refractivity contribution in [2.45, 2.75) is 37.0 Å². The number of benzene rings is 1. The van der Waals surface area contributed by atoms with E-state index in [4.69, 9.17) is 26.9 Å². The summed E-state index contributed by atoms with van der Waals surface area (Å²) in [6.45, 7) is 3.89. The Morgan fingerprint density at radius 3 is 2.56 bits per heavy atom. The summed E-state index contributed by atoms with van der Waals surface area (Å²) in [7, 11) is -1.16. The topological polar surface area (TPSA) is 141 Å². The van der Waals surface area contributed by atoms with Gasteiger partial charge in [-0.2, -0.15) is 15.7 Å². The lowest BCUT2D eigenvalue weighted by Crippen LogP contribution is -2.44. The second-order valence-corrected chi connectivity index (χ2v) is 13.0. The van der Waals surface area contributed by atoms with Gasteiger partial charge in [0.25, 0.3) is 0 Å². The van der Waals surface area contributed by atoms with Gasteiger partial charge in [-0.1, -0.05) is 0 Å². The van der Waals surface area contributed by atoms with Crippen LogP contribution in [0.1, 0.15) is 31.9 Å². The Balaban J connectivity index is 1.43. The monoisotopic (exact) mass is 573 g/mol. The highest BCUT2D eigenvalue weighted by atomic mass is 32.3. The summed E-state index contributed by atoms with van der Waals surface area (Å²) in [5.41, 5.74) is 3.04. The molecule has 13 heteroatoms. The number of hydrogen-bond acceptors (Lipinski definition) is 9. The highest BCUT2D eigenvalue weighted by molar-refractivity contribution is 8.25. The maximum Gasteiger partial charge on any atom is 0.175 e. The number of nitrogens with one attached hydrogen (secondary N) is 2. The van der Waals surface area contributed by atoms with Gasteiger partial charge in [0.2, 0.25) is 0 Å². The second-order valence-electron chi connectivity index (χ2n) is 10.1. The zero-order valence-corrected chi connectivity index (χ0v) is 23.7. The molecule has 0 unspecified atom stereocenters. The fourth-order valence-electron chi connectivity index (χ4n) is 4.82. The molecule has 0 spiro atoms. The van der Waals surface area contributed by atoms with E-state index in [0.717, 1.165) is 22.8 Å². The van der Waals surface area contributed by atoms with Crippen LogP contribution in [0.15, 0.2) is 42.7 Å². The van der Waals surface area contributed by atoms with Gasteiger partial charge in [0.15, 0.2) is 10.9 Å². The van der Waals surface area contributed by atoms with Crippen LogP contribution in [0.25, 0.3) is 11.4 Å². The van der Waals surface area contributed by atoms with Crippen molar-refractivity contribution in [3.05, 3.63) is 48.4 Å². The molecule has 2 aliphatic rings. The number of ether oxygens (including phenoxy) is 1. The van der Waals surface area contributed by atoms with Crippen molar-refractivity contribution in [3.63, 3.8) is 0 Å². The number of aromatic nitrogens is 4. The molecule has 3 aromatic rings. The van der Waals surface area contributed by atoms with Gasteiger partial charge in [0.1, 0.15) is 10.6 Å². The van der Waals surface area contributed by atoms with E-state index in [-0.39, 0.29) is 18.4 Å². The zero-order valence-electron chi connectivity index (χ0n) is 22.1. The van der Waals surface area contributed by atoms with Crippen LogP contribution in [0.4, 0.5) is 17.2 Å². The summed E-state index contributed by atoms with van der Waals surface area (Å²) in [6.07, 6.45) is 5.14. The molecule has 1 saturated heterocycles. The van der Waals surface area contributed by atoms with E-state index in [1.807, 2.05) is 43.6 Å². The summed E-state index contributed by atoms with van der Waals surface area (Å²) >= 11 is 5.42. The van der Waals surface area contributed by atoms with Crippen LogP contribution in [0.3, 0.4) is 0 Å². The highest BCUT2D eigenvalue weighted by Crippen LogP contribution is 2.71. The first-order valence-electron chi connectivity index (χ1n) is 13.0. The van der Waals surface area contributed by atoms with Gasteiger partial charge in [-0.25, -0.2) is 9.97 Å². The molecule has 5 rings (SSSR count). The van der Waals surface area contributed by atoms with E-state index in [9.17, 15) is 14.2 Å². The zero-order chi connectivity index (χ0) is 27.6. The summed E-state index contributed by atoms with van der Waals surface area (Å²) < 4.78 is 28.8. The number of aliphatic hydroxyl groups is 1. The molecule has 1 saturated carbocycles. The molecule has 0 bridgehead atoms. The highest BCUT2D eigenvalue weighted by Gasteiger charge is 2.56. The van der Waals surface area contributed by atoms with Crippen molar-refractivity contribution < 1.29 is 18.9 Å². The molecular formula is C26H35N7O4S2. The molecule has 1 aliphatic carbocycles. The Kier molecular flexibility index (Phi) is 8.08. The van der Waals surface area contributed by atoms with E-state index < -0.39 is 15.3 Å². The number of thiocarbonyl (C=S) groups is 1. The fraction of sp³-hybridized carbons (Fsp3) is 0.462. The Hall–Kier alpha value is -2.81. The van der Waals surface area contributed by atoms with Crippen LogP contribution < -0.4 is 15.5 Å². The third kappa shape index (κ3) is 6.03. The third-order valence-corrected chi connectivity index (χ3v) is 10.1. The van der Waals surface area contributed by atoms with Gasteiger partial charge < -0.3 is 25.4 Å². The first-order valence-corrected chi connectivity index (χ1v) is 15.1. The number of rotatable bonds is 9. The number of aliphatic hydroxyl groups excluding tert-OH is 1. The van der Waals surface area contributed by atoms with Crippen LogP contribution in [-0.2, 0) is 16.5 Å². The van der Waals surface area contributed by atoms with Gasteiger partial charge in [0, 0.05) is 49.5 Å². The van der Waals surface area contributed by atoms with Gasteiger partial charge in [-0.05, 0) is 62.7 Å². The SMILES string of the molecule is C[C@H]1COCCN1c1cc(C2(S(O)(O)CCCO)CC2)nc(-c2ccc(NC(=S)Nc3cnn(C)c3)cc2)n1. The van der Waals surface area contributed by atoms with E-state index >= 15 is 0 Å². The first kappa shape index (κ1) is 27.7. The molecule has 0 radical (unpaired) electrons. The van der Waals surface area contributed by atoms with Crippen LogP contribution >= 0.6 is 22.8 Å². The first-order chi connectivity index (χ1) is 18.7. The largest absolute Gasteiger partial charge is 0.396 e. The molecule has 2 fully saturated rings. The van der Waals surface area contributed by atoms with Gasteiger partial charge in [0.05, 0.1) is 36.8 Å². The van der Waals surface area contributed by atoms with Crippen LogP contribution in [0.5, 0.6) is 0 Å². The second kappa shape index (κ2) is 11.4. The number of nitrogens with zero attached hydrogens (tertiary/aromatic N) is 5. The predicted molar refractivity (Wildman–Crippen MR) is 158 cm³/mol. The van der Waals surface area contributed by atoms with Gasteiger partial charge >= 0.3 is 0 Å². The van der Waals surface area contributed by atoms with Crippen molar-refractivity contribution in [2.24, 2.45) is 7.05 Å². The molecule has 1 aliphatic heterocycles. The van der Waals surface area contributed by atoms with Crippen molar-refractivity contribution in [3.8, 4) is 11.4 Å². The van der Waals surface area contributed by atoms with Crippen molar-refractivity contribution in [1.29, 1.82) is 0 Å². The molecular weight excluding hydrogens is 538 g/mol. The Morgan fingerprint density at radius 1 is 1.18 bits per heavy atom. The maximum absolute atomic E-state index is 11.1. The third-order valence-electron chi connectivity index (χ3n) is 7.12. The quantitative estimate of drug-likeness (QED) is 0.237. The standard InChI is InChI=1S/C26H35N7O4S2/c1-18-17-37-12-10-33(18)23-14-22(26(8-9-26)39(35,36)13-3-11-34)30-24(31-23)19-4-6-20(7-5-19)28-25(38)29-21-15-27-32(2)16-21/h4-7,14-16,18,34-36H,3,8-13,17H2,1-2H3,(H2,28,29,38)/t18-/m0/s1. The maximum atomic E-state index is 11.1. The van der Waals surface area contributed by atoms with E-state index in [1.54, 1.807) is 10.9 Å². The van der Waals surface area contributed by atoms with Crippen LogP contribution in [0, 0.1) is 0 Å². The average molecular weight is 574 g/mol. The van der Waals surface area contributed by atoms with Crippen molar-refractivity contribution in [2.75, 3.05) is 47.7 Å². The number of aryl methyl sites for hydroxylation is 1. The summed E-state index contributed by atoms with van der Waals surface area (Å²) in [4.78, 5) is 12.0. The van der Waals surface area contributed by atoms with Gasteiger partial charge in [-0.3, -0.25) is 13.8 Å². The number of anilines is 3. The van der Waals surface area contributed by atoms with Crippen LogP contribution in [-0.4, -0.2) is 77.2 Å². The Bertz CT molecular complexity index is 1310. The molecule has 39 heavy (non-hydrogen) atoms. The van der Waals surface area contributed by atoms with Crippen molar-refractivity contribution >= 4 is 45.1 Å². The lowest BCUT2D eigenvalue weighted by molar-refractivity contribution is 0.0985. The molecule has 5 N–H and O–H groups in total. The average Bonchev–Trinajstić information content (AvgIpc) is 3.65. The minimum atomic E-state index is -3.00. The van der Waals surface area contributed by atoms with E-state index in [1.165, 1.54) is 0 Å². The lowest BCUT2D eigenvalue weighted by Gasteiger charge is -2.41. The molecule has 1 aromatic carbocycles. The predicted octanol–water partition coefficient (Wildman–Crippen LogP) is 4.03. The molecule has 0 amide bonds.